The highest BCUT2D eigenvalue weighted by Crippen LogP contribution is 2.36. The van der Waals surface area contributed by atoms with Crippen molar-refractivity contribution in [1.29, 1.82) is 0 Å². The van der Waals surface area contributed by atoms with Gasteiger partial charge in [-0.15, -0.1) is 11.3 Å². The molecular formula is C16H14FNOS. The van der Waals surface area contributed by atoms with Crippen LogP contribution in [0.1, 0.15) is 25.7 Å². The van der Waals surface area contributed by atoms with Gasteiger partial charge in [0.15, 0.2) is 6.29 Å². The van der Waals surface area contributed by atoms with Crippen LogP contribution in [0.5, 0.6) is 0 Å². The van der Waals surface area contributed by atoms with Crippen LogP contribution in [0.4, 0.5) is 4.39 Å². The Morgan fingerprint density at radius 2 is 2.00 bits per heavy atom. The summed E-state index contributed by atoms with van der Waals surface area (Å²) in [6.07, 6.45) is 0.739. The molecule has 3 aromatic rings. The first-order valence-electron chi connectivity index (χ1n) is 6.36. The van der Waals surface area contributed by atoms with E-state index in [1.807, 2.05) is 26.8 Å². The van der Waals surface area contributed by atoms with Crippen molar-refractivity contribution in [3.63, 3.8) is 0 Å². The average Bonchev–Trinajstić information content (AvgIpc) is 2.94. The van der Waals surface area contributed by atoms with Gasteiger partial charge >= 0.3 is 0 Å². The van der Waals surface area contributed by atoms with Crippen molar-refractivity contribution in [2.45, 2.75) is 20.8 Å². The van der Waals surface area contributed by atoms with Gasteiger partial charge < -0.3 is 4.98 Å². The zero-order chi connectivity index (χ0) is 14.4. The maximum atomic E-state index is 14.1. The van der Waals surface area contributed by atoms with Crippen LogP contribution < -0.4 is 0 Å². The standard InChI is InChI=1S/C16H14FNOS/c1-8-4-5-13(17)14-12(7-19)16(18-15(8)14)11-6-9(2)20-10(11)3/h4-7,18H,1-3H3. The third-order valence-corrected chi connectivity index (χ3v) is 4.55. The van der Waals surface area contributed by atoms with Crippen molar-refractivity contribution in [2.75, 3.05) is 0 Å². The van der Waals surface area contributed by atoms with Gasteiger partial charge in [-0.2, -0.15) is 0 Å². The van der Waals surface area contributed by atoms with Crippen LogP contribution in [0, 0.1) is 26.6 Å². The highest BCUT2D eigenvalue weighted by Gasteiger charge is 2.19. The third kappa shape index (κ3) is 1.79. The van der Waals surface area contributed by atoms with Crippen molar-refractivity contribution in [1.82, 2.24) is 4.98 Å². The Hall–Kier alpha value is -1.94. The first-order valence-corrected chi connectivity index (χ1v) is 7.18. The molecule has 2 aromatic heterocycles. The van der Waals surface area contributed by atoms with Crippen LogP contribution in [0.15, 0.2) is 18.2 Å². The largest absolute Gasteiger partial charge is 0.354 e. The van der Waals surface area contributed by atoms with Crippen LogP contribution in [-0.4, -0.2) is 11.3 Å². The summed E-state index contributed by atoms with van der Waals surface area (Å²) in [6, 6.07) is 5.16. The van der Waals surface area contributed by atoms with Gasteiger partial charge in [-0.25, -0.2) is 4.39 Å². The number of aryl methyl sites for hydroxylation is 3. The number of hydrogen-bond donors (Lipinski definition) is 1. The van der Waals surface area contributed by atoms with Crippen LogP contribution in [0.2, 0.25) is 0 Å². The molecule has 0 amide bonds. The molecule has 2 nitrogen and oxygen atoms in total. The first-order chi connectivity index (χ1) is 9.52. The summed E-state index contributed by atoms with van der Waals surface area (Å²) >= 11 is 1.67. The van der Waals surface area contributed by atoms with Gasteiger partial charge in [0, 0.05) is 20.7 Å². The Morgan fingerprint density at radius 1 is 1.25 bits per heavy atom. The van der Waals surface area contributed by atoms with Gasteiger partial charge in [-0.1, -0.05) is 6.07 Å². The second-order valence-electron chi connectivity index (χ2n) is 4.97. The zero-order valence-corrected chi connectivity index (χ0v) is 12.3. The quantitative estimate of drug-likeness (QED) is 0.676. The third-order valence-electron chi connectivity index (χ3n) is 3.58. The summed E-state index contributed by atoms with van der Waals surface area (Å²) in [5, 5.41) is 0.387. The summed E-state index contributed by atoms with van der Waals surface area (Å²) in [6.45, 7) is 5.94. The molecule has 3 rings (SSSR count). The number of carbonyl (C=O) groups is 1. The van der Waals surface area contributed by atoms with Crippen molar-refractivity contribution in [3.05, 3.63) is 44.9 Å². The van der Waals surface area contributed by atoms with Crippen LogP contribution >= 0.6 is 11.3 Å². The minimum Gasteiger partial charge on any atom is -0.354 e. The minimum absolute atomic E-state index is 0.361. The van der Waals surface area contributed by atoms with Gasteiger partial charge in [0.1, 0.15) is 5.82 Å². The molecule has 0 unspecified atom stereocenters. The molecule has 2 heterocycles. The van der Waals surface area contributed by atoms with E-state index in [1.165, 1.54) is 10.9 Å². The molecule has 4 heteroatoms. The Bertz CT molecular complexity index is 829. The molecule has 0 saturated heterocycles. The highest BCUT2D eigenvalue weighted by atomic mass is 32.1. The summed E-state index contributed by atoms with van der Waals surface area (Å²) in [4.78, 5) is 17.0. The number of H-pyrrole nitrogens is 1. The van der Waals surface area contributed by atoms with E-state index in [9.17, 15) is 9.18 Å². The van der Waals surface area contributed by atoms with Crippen molar-refractivity contribution in [2.24, 2.45) is 0 Å². The Kier molecular flexibility index (Phi) is 2.98. The van der Waals surface area contributed by atoms with E-state index >= 15 is 0 Å². The topological polar surface area (TPSA) is 32.9 Å². The summed E-state index contributed by atoms with van der Waals surface area (Å²) in [7, 11) is 0. The van der Waals surface area contributed by atoms with Crippen molar-refractivity contribution in [3.8, 4) is 11.3 Å². The second kappa shape index (κ2) is 4.56. The number of rotatable bonds is 2. The lowest BCUT2D eigenvalue weighted by Gasteiger charge is -1.98. The predicted molar refractivity (Wildman–Crippen MR) is 81.2 cm³/mol. The van der Waals surface area contributed by atoms with E-state index in [-0.39, 0.29) is 5.82 Å². The molecular weight excluding hydrogens is 273 g/mol. The van der Waals surface area contributed by atoms with Crippen LogP contribution in [0.3, 0.4) is 0 Å². The van der Waals surface area contributed by atoms with E-state index in [0.717, 1.165) is 22.3 Å². The molecule has 0 fully saturated rings. The molecule has 0 aliphatic rings. The Morgan fingerprint density at radius 3 is 2.60 bits per heavy atom. The molecule has 0 aliphatic heterocycles. The van der Waals surface area contributed by atoms with Crippen molar-refractivity contribution < 1.29 is 9.18 Å². The summed E-state index contributed by atoms with van der Waals surface area (Å²) in [5.41, 5.74) is 3.72. The van der Waals surface area contributed by atoms with E-state index in [0.29, 0.717) is 22.2 Å². The Labute approximate surface area is 120 Å². The lowest BCUT2D eigenvalue weighted by atomic mass is 10.1. The molecule has 20 heavy (non-hydrogen) atoms. The molecule has 0 aliphatic carbocycles. The van der Waals surface area contributed by atoms with E-state index in [2.05, 4.69) is 4.98 Å². The summed E-state index contributed by atoms with van der Waals surface area (Å²) in [5.74, 6) is -0.361. The van der Waals surface area contributed by atoms with Gasteiger partial charge in [0.2, 0.25) is 0 Å². The molecule has 1 aromatic carbocycles. The fourth-order valence-electron chi connectivity index (χ4n) is 2.63. The normalized spacial score (nSPS) is 11.2. The molecule has 102 valence electrons. The maximum absolute atomic E-state index is 14.1. The van der Waals surface area contributed by atoms with E-state index in [1.54, 1.807) is 17.4 Å². The Balaban J connectivity index is 2.43. The average molecular weight is 287 g/mol. The smallest absolute Gasteiger partial charge is 0.152 e. The van der Waals surface area contributed by atoms with Gasteiger partial charge in [0.05, 0.1) is 16.8 Å². The molecule has 0 bridgehead atoms. The second-order valence-corrected chi connectivity index (χ2v) is 6.43. The minimum atomic E-state index is -0.361. The number of aromatic amines is 1. The van der Waals surface area contributed by atoms with Crippen LogP contribution in [-0.2, 0) is 0 Å². The number of carbonyl (C=O) groups excluding carboxylic acids is 1. The van der Waals surface area contributed by atoms with Gasteiger partial charge in [0.25, 0.3) is 0 Å². The molecule has 0 saturated carbocycles. The van der Waals surface area contributed by atoms with Crippen molar-refractivity contribution >= 4 is 28.5 Å². The number of aldehydes is 1. The van der Waals surface area contributed by atoms with E-state index < -0.39 is 0 Å². The lowest BCUT2D eigenvalue weighted by molar-refractivity contribution is 0.112. The number of benzene rings is 1. The number of hydrogen-bond acceptors (Lipinski definition) is 2. The van der Waals surface area contributed by atoms with Gasteiger partial charge in [-0.3, -0.25) is 4.79 Å². The lowest BCUT2D eigenvalue weighted by Crippen LogP contribution is -1.86. The van der Waals surface area contributed by atoms with Crippen LogP contribution in [0.25, 0.3) is 22.2 Å². The highest BCUT2D eigenvalue weighted by molar-refractivity contribution is 7.12. The molecule has 0 radical (unpaired) electrons. The van der Waals surface area contributed by atoms with E-state index in [4.69, 9.17) is 0 Å². The number of halogens is 1. The fourth-order valence-corrected chi connectivity index (χ4v) is 3.56. The zero-order valence-electron chi connectivity index (χ0n) is 11.5. The SMILES string of the molecule is Cc1cc(-c2[nH]c3c(C)ccc(F)c3c2C=O)c(C)s1. The number of aromatic nitrogens is 1. The maximum Gasteiger partial charge on any atom is 0.152 e. The molecule has 0 spiro atoms. The van der Waals surface area contributed by atoms with Gasteiger partial charge in [-0.05, 0) is 38.5 Å². The predicted octanol–water partition coefficient (Wildman–Crippen LogP) is 4.77. The number of thiophene rings is 1. The number of nitrogens with one attached hydrogen (secondary N) is 1. The first kappa shape index (κ1) is 13.1. The number of fused-ring (bicyclic) bond motifs is 1. The molecule has 0 atom stereocenters. The molecule has 1 N–H and O–H groups in total. The summed E-state index contributed by atoms with van der Waals surface area (Å²) < 4.78 is 14.1. The monoisotopic (exact) mass is 287 g/mol. The fraction of sp³-hybridized carbons (Fsp3) is 0.188.